The Kier molecular flexibility index (Phi) is 6.05. The van der Waals surface area contributed by atoms with Crippen molar-refractivity contribution in [2.75, 3.05) is 28.4 Å². The number of aromatic carboxylic acids is 1. The van der Waals surface area contributed by atoms with E-state index in [0.717, 1.165) is 16.8 Å². The van der Waals surface area contributed by atoms with Crippen molar-refractivity contribution in [2.45, 2.75) is 18.7 Å². The molecule has 1 N–H and O–H groups in total. The van der Waals surface area contributed by atoms with Gasteiger partial charge in [0.25, 0.3) is 0 Å². The van der Waals surface area contributed by atoms with Crippen molar-refractivity contribution in [3.63, 3.8) is 0 Å². The lowest BCUT2D eigenvalue weighted by atomic mass is 9.95. The van der Waals surface area contributed by atoms with Gasteiger partial charge >= 0.3 is 5.97 Å². The molecular formula is C27H26N2O7. The standard InChI is InChI=1S/C27H26N2O7/c1-32-21-11-9-15(13-23(21)34-3)18-14-19-16-7-5-6-8-20(16)36-26(29(19)28-18)17-10-12-22(33-2)25(35-4)24(17)27(30)31/h5-13,19,26H,14H2,1-4H3,(H,30,31)/t19-,26+/m1/s1. The van der Waals surface area contributed by atoms with Crippen LogP contribution in [-0.4, -0.2) is 50.2 Å². The van der Waals surface area contributed by atoms with Gasteiger partial charge in [-0.2, -0.15) is 5.10 Å². The Morgan fingerprint density at radius 3 is 2.33 bits per heavy atom. The van der Waals surface area contributed by atoms with Crippen molar-refractivity contribution >= 4 is 11.7 Å². The summed E-state index contributed by atoms with van der Waals surface area (Å²) in [7, 11) is 6.06. The number of carboxylic acid groups (broad SMARTS) is 1. The van der Waals surface area contributed by atoms with Gasteiger partial charge < -0.3 is 28.8 Å². The van der Waals surface area contributed by atoms with Crippen LogP contribution in [0.2, 0.25) is 0 Å². The molecule has 0 saturated carbocycles. The van der Waals surface area contributed by atoms with Gasteiger partial charge in [0.05, 0.1) is 40.2 Å². The number of ether oxygens (including phenoxy) is 5. The molecule has 3 aromatic carbocycles. The maximum atomic E-state index is 12.4. The molecule has 0 bridgehead atoms. The molecule has 0 unspecified atom stereocenters. The topological polar surface area (TPSA) is 99.1 Å². The Labute approximate surface area is 208 Å². The molecule has 0 fully saturated rings. The maximum absolute atomic E-state index is 12.4. The molecule has 0 saturated heterocycles. The zero-order valence-electron chi connectivity index (χ0n) is 20.3. The van der Waals surface area contributed by atoms with Crippen LogP contribution in [0.25, 0.3) is 0 Å². The molecule has 0 aromatic heterocycles. The fourth-order valence-electron chi connectivity index (χ4n) is 4.80. The van der Waals surface area contributed by atoms with E-state index in [4.69, 9.17) is 28.8 Å². The quantitative estimate of drug-likeness (QED) is 0.511. The third-order valence-corrected chi connectivity index (χ3v) is 6.47. The largest absolute Gasteiger partial charge is 0.493 e. The van der Waals surface area contributed by atoms with Crippen molar-refractivity contribution < 1.29 is 33.6 Å². The summed E-state index contributed by atoms with van der Waals surface area (Å²) in [5.74, 6) is 1.21. The highest BCUT2D eigenvalue weighted by Crippen LogP contribution is 2.49. The average Bonchev–Trinajstić information content (AvgIpc) is 3.37. The maximum Gasteiger partial charge on any atom is 0.340 e. The highest BCUT2D eigenvalue weighted by Gasteiger charge is 2.43. The molecule has 0 aliphatic carbocycles. The van der Waals surface area contributed by atoms with Crippen LogP contribution < -0.4 is 23.7 Å². The Morgan fingerprint density at radius 1 is 0.917 bits per heavy atom. The fourth-order valence-corrected chi connectivity index (χ4v) is 4.80. The first-order valence-corrected chi connectivity index (χ1v) is 11.3. The number of methoxy groups -OCH3 is 4. The van der Waals surface area contributed by atoms with Crippen molar-refractivity contribution in [2.24, 2.45) is 5.10 Å². The number of carbonyl (C=O) groups is 1. The van der Waals surface area contributed by atoms with E-state index in [1.165, 1.54) is 14.2 Å². The van der Waals surface area contributed by atoms with E-state index in [-0.39, 0.29) is 17.4 Å². The van der Waals surface area contributed by atoms with Crippen LogP contribution in [0.1, 0.15) is 45.7 Å². The molecule has 2 heterocycles. The molecule has 9 heteroatoms. The van der Waals surface area contributed by atoms with Gasteiger partial charge in [-0.05, 0) is 36.4 Å². The Hall–Kier alpha value is -4.40. The molecule has 0 spiro atoms. The van der Waals surface area contributed by atoms with Crippen LogP contribution in [0, 0.1) is 0 Å². The molecule has 2 aliphatic heterocycles. The van der Waals surface area contributed by atoms with Crippen LogP contribution >= 0.6 is 0 Å². The Balaban J connectivity index is 1.65. The summed E-state index contributed by atoms with van der Waals surface area (Å²) in [6.07, 6.45) is -0.198. The molecule has 2 aliphatic rings. The van der Waals surface area contributed by atoms with E-state index < -0.39 is 12.2 Å². The van der Waals surface area contributed by atoms with E-state index in [2.05, 4.69) is 0 Å². The third kappa shape index (κ3) is 3.73. The summed E-state index contributed by atoms with van der Waals surface area (Å²) in [5, 5.41) is 16.9. The zero-order valence-corrected chi connectivity index (χ0v) is 20.3. The highest BCUT2D eigenvalue weighted by atomic mass is 16.5. The first-order valence-electron chi connectivity index (χ1n) is 11.3. The SMILES string of the molecule is COc1ccc(C2=NN3[C@H](C2)c2ccccc2O[C@H]3c2ccc(OC)c(OC)c2C(=O)O)cc1OC. The van der Waals surface area contributed by atoms with Crippen LogP contribution in [0.5, 0.6) is 28.7 Å². The summed E-state index contributed by atoms with van der Waals surface area (Å²) in [6, 6.07) is 16.6. The van der Waals surface area contributed by atoms with Crippen molar-refractivity contribution in [3.05, 3.63) is 76.9 Å². The number of para-hydroxylation sites is 1. The molecule has 2 atom stereocenters. The Morgan fingerprint density at radius 2 is 1.64 bits per heavy atom. The van der Waals surface area contributed by atoms with E-state index in [1.807, 2.05) is 47.5 Å². The monoisotopic (exact) mass is 490 g/mol. The third-order valence-electron chi connectivity index (χ3n) is 6.47. The van der Waals surface area contributed by atoms with Gasteiger partial charge in [-0.25, -0.2) is 9.80 Å². The summed E-state index contributed by atoms with van der Waals surface area (Å²) in [5.41, 5.74) is 3.06. The van der Waals surface area contributed by atoms with E-state index >= 15 is 0 Å². The van der Waals surface area contributed by atoms with E-state index in [0.29, 0.717) is 35.0 Å². The van der Waals surface area contributed by atoms with Crippen LogP contribution in [0.15, 0.2) is 59.7 Å². The molecule has 36 heavy (non-hydrogen) atoms. The van der Waals surface area contributed by atoms with Crippen molar-refractivity contribution in [1.29, 1.82) is 0 Å². The normalized spacial score (nSPS) is 17.9. The van der Waals surface area contributed by atoms with Gasteiger partial charge in [-0.3, -0.25) is 0 Å². The van der Waals surface area contributed by atoms with Crippen LogP contribution in [0.3, 0.4) is 0 Å². The van der Waals surface area contributed by atoms with Gasteiger partial charge in [0.2, 0.25) is 6.23 Å². The van der Waals surface area contributed by atoms with E-state index in [9.17, 15) is 9.90 Å². The minimum absolute atomic E-state index is 0.0326. The first kappa shape index (κ1) is 23.3. The summed E-state index contributed by atoms with van der Waals surface area (Å²) >= 11 is 0. The molecule has 186 valence electrons. The number of hydrogen-bond acceptors (Lipinski definition) is 8. The summed E-state index contributed by atoms with van der Waals surface area (Å²) < 4.78 is 28.0. The van der Waals surface area contributed by atoms with Gasteiger partial charge in [-0.15, -0.1) is 0 Å². The van der Waals surface area contributed by atoms with Gasteiger partial charge in [0, 0.05) is 23.1 Å². The van der Waals surface area contributed by atoms with Crippen molar-refractivity contribution in [1.82, 2.24) is 5.01 Å². The van der Waals surface area contributed by atoms with Gasteiger partial charge in [-0.1, -0.05) is 18.2 Å². The molecule has 9 nitrogen and oxygen atoms in total. The highest BCUT2D eigenvalue weighted by molar-refractivity contribution is 6.02. The summed E-state index contributed by atoms with van der Waals surface area (Å²) in [4.78, 5) is 12.4. The number of rotatable bonds is 7. The second-order valence-corrected chi connectivity index (χ2v) is 8.29. The van der Waals surface area contributed by atoms with Crippen LogP contribution in [0.4, 0.5) is 0 Å². The van der Waals surface area contributed by atoms with Gasteiger partial charge in [0.1, 0.15) is 11.3 Å². The lowest BCUT2D eigenvalue weighted by Gasteiger charge is -2.38. The lowest BCUT2D eigenvalue weighted by Crippen LogP contribution is -2.34. The number of benzene rings is 3. The number of carboxylic acids is 1. The minimum Gasteiger partial charge on any atom is -0.493 e. The van der Waals surface area contributed by atoms with Gasteiger partial charge in [0.15, 0.2) is 23.0 Å². The zero-order chi connectivity index (χ0) is 25.4. The smallest absolute Gasteiger partial charge is 0.340 e. The molecule has 3 aromatic rings. The number of hydrazone groups is 1. The average molecular weight is 491 g/mol. The fraction of sp³-hybridized carbons (Fsp3) is 0.259. The lowest BCUT2D eigenvalue weighted by molar-refractivity contribution is -0.0199. The first-order chi connectivity index (χ1) is 17.5. The Bertz CT molecular complexity index is 1350. The van der Waals surface area contributed by atoms with E-state index in [1.54, 1.807) is 26.4 Å². The molecule has 5 rings (SSSR count). The predicted octanol–water partition coefficient (Wildman–Crippen LogP) is 4.66. The number of hydrogen-bond donors (Lipinski definition) is 1. The molecule has 0 amide bonds. The number of nitrogens with zero attached hydrogens (tertiary/aromatic N) is 2. The second kappa shape index (κ2) is 9.33. The number of fused-ring (bicyclic) bond motifs is 3. The molecule has 0 radical (unpaired) electrons. The summed E-state index contributed by atoms with van der Waals surface area (Å²) in [6.45, 7) is 0. The molecular weight excluding hydrogens is 464 g/mol. The minimum atomic E-state index is -1.15. The van der Waals surface area contributed by atoms with Crippen molar-refractivity contribution in [3.8, 4) is 28.7 Å². The van der Waals surface area contributed by atoms with Crippen LogP contribution in [-0.2, 0) is 0 Å². The second-order valence-electron chi connectivity index (χ2n) is 8.29. The predicted molar refractivity (Wildman–Crippen MR) is 132 cm³/mol.